The Labute approximate surface area is 129 Å². The molecular formula is C16H20N4O2. The van der Waals surface area contributed by atoms with Crippen molar-refractivity contribution in [3.8, 4) is 5.82 Å². The van der Waals surface area contributed by atoms with Gasteiger partial charge in [0.25, 0.3) is 5.91 Å². The highest BCUT2D eigenvalue weighted by Gasteiger charge is 2.29. The van der Waals surface area contributed by atoms with E-state index in [2.05, 4.69) is 10.3 Å². The van der Waals surface area contributed by atoms with Crippen molar-refractivity contribution in [3.05, 3.63) is 47.4 Å². The zero-order chi connectivity index (χ0) is 16.5. The lowest BCUT2D eigenvalue weighted by Crippen LogP contribution is -2.53. The number of primary amides is 1. The number of aryl methyl sites for hydroxylation is 1. The number of aromatic nitrogens is 2. The van der Waals surface area contributed by atoms with Crippen molar-refractivity contribution in [1.82, 2.24) is 14.9 Å². The summed E-state index contributed by atoms with van der Waals surface area (Å²) in [6.07, 6.45) is 1.70. The Hall–Kier alpha value is -2.63. The van der Waals surface area contributed by atoms with Crippen LogP contribution in [0.3, 0.4) is 0 Å². The Bertz CT molecular complexity index is 717. The van der Waals surface area contributed by atoms with Crippen LogP contribution in [0.1, 0.15) is 35.6 Å². The zero-order valence-corrected chi connectivity index (χ0v) is 13.2. The van der Waals surface area contributed by atoms with Gasteiger partial charge >= 0.3 is 0 Å². The van der Waals surface area contributed by atoms with E-state index in [9.17, 15) is 9.59 Å². The third-order valence-electron chi connectivity index (χ3n) is 3.60. The average Bonchev–Trinajstić information content (AvgIpc) is 2.74. The summed E-state index contributed by atoms with van der Waals surface area (Å²) in [6, 6.07) is 7.36. The topological polar surface area (TPSA) is 90.0 Å². The molecule has 6 heteroatoms. The average molecular weight is 300 g/mol. The van der Waals surface area contributed by atoms with E-state index in [0.717, 1.165) is 17.2 Å². The van der Waals surface area contributed by atoms with E-state index in [-0.39, 0.29) is 5.91 Å². The van der Waals surface area contributed by atoms with Gasteiger partial charge in [-0.25, -0.2) is 4.98 Å². The van der Waals surface area contributed by atoms with Crippen LogP contribution >= 0.6 is 0 Å². The number of nitrogens with zero attached hydrogens (tertiary/aromatic N) is 2. The van der Waals surface area contributed by atoms with E-state index < -0.39 is 11.4 Å². The smallest absolute Gasteiger partial charge is 0.253 e. The zero-order valence-electron chi connectivity index (χ0n) is 13.2. The van der Waals surface area contributed by atoms with Crippen molar-refractivity contribution in [3.63, 3.8) is 0 Å². The van der Waals surface area contributed by atoms with Gasteiger partial charge in [0.15, 0.2) is 0 Å². The van der Waals surface area contributed by atoms with Crippen molar-refractivity contribution in [1.29, 1.82) is 0 Å². The van der Waals surface area contributed by atoms with Gasteiger partial charge in [0.2, 0.25) is 5.91 Å². The molecule has 0 aliphatic rings. The first-order chi connectivity index (χ1) is 10.2. The number of rotatable bonds is 4. The lowest BCUT2D eigenvalue weighted by Gasteiger charge is -2.22. The minimum atomic E-state index is -1.11. The first kappa shape index (κ1) is 15.8. The Morgan fingerprint density at radius 1 is 1.27 bits per heavy atom. The molecule has 0 fully saturated rings. The lowest BCUT2D eigenvalue weighted by atomic mass is 10.0. The first-order valence-corrected chi connectivity index (χ1v) is 6.97. The van der Waals surface area contributed by atoms with Gasteiger partial charge in [-0.2, -0.15) is 0 Å². The fourth-order valence-electron chi connectivity index (χ4n) is 2.24. The number of hydrogen-bond donors (Lipinski definition) is 2. The van der Waals surface area contributed by atoms with Gasteiger partial charge in [0, 0.05) is 17.6 Å². The highest BCUT2D eigenvalue weighted by Crippen LogP contribution is 2.20. The van der Waals surface area contributed by atoms with Crippen LogP contribution in [0, 0.1) is 13.8 Å². The summed E-state index contributed by atoms with van der Waals surface area (Å²) >= 11 is 0. The van der Waals surface area contributed by atoms with Crippen LogP contribution in [-0.4, -0.2) is 26.9 Å². The van der Waals surface area contributed by atoms with Crippen LogP contribution in [0.4, 0.5) is 0 Å². The van der Waals surface area contributed by atoms with Crippen LogP contribution in [0.25, 0.3) is 5.82 Å². The molecule has 0 atom stereocenters. The highest BCUT2D eigenvalue weighted by atomic mass is 16.2. The molecule has 0 saturated carbocycles. The van der Waals surface area contributed by atoms with E-state index in [0.29, 0.717) is 5.56 Å². The summed E-state index contributed by atoms with van der Waals surface area (Å²) in [7, 11) is 0. The fraction of sp³-hybridized carbons (Fsp3) is 0.312. The minimum Gasteiger partial charge on any atom is -0.368 e. The number of nitrogens with one attached hydrogen (secondary N) is 1. The Kier molecular flexibility index (Phi) is 4.03. The van der Waals surface area contributed by atoms with Gasteiger partial charge in [0.1, 0.15) is 11.4 Å². The van der Waals surface area contributed by atoms with Gasteiger partial charge in [0.05, 0.1) is 5.56 Å². The Morgan fingerprint density at radius 3 is 2.50 bits per heavy atom. The predicted molar refractivity (Wildman–Crippen MR) is 83.8 cm³/mol. The highest BCUT2D eigenvalue weighted by molar-refractivity contribution is 5.99. The molecule has 22 heavy (non-hydrogen) atoms. The largest absolute Gasteiger partial charge is 0.368 e. The monoisotopic (exact) mass is 300 g/mol. The normalized spacial score (nSPS) is 11.3. The van der Waals surface area contributed by atoms with Gasteiger partial charge in [-0.1, -0.05) is 6.07 Å². The fourth-order valence-corrected chi connectivity index (χ4v) is 2.24. The van der Waals surface area contributed by atoms with Crippen LogP contribution in [-0.2, 0) is 4.79 Å². The van der Waals surface area contributed by atoms with Crippen LogP contribution in [0.2, 0.25) is 0 Å². The SMILES string of the molecule is Cc1cc(C(=O)NC(C)(C)C(N)=O)c(C)n1-c1ccccn1. The van der Waals surface area contributed by atoms with E-state index in [1.807, 2.05) is 36.6 Å². The Balaban J connectivity index is 2.39. The van der Waals surface area contributed by atoms with E-state index >= 15 is 0 Å². The van der Waals surface area contributed by atoms with Gasteiger partial charge in [-0.3, -0.25) is 9.59 Å². The first-order valence-electron chi connectivity index (χ1n) is 6.97. The molecule has 0 spiro atoms. The molecule has 2 amide bonds. The van der Waals surface area contributed by atoms with Crippen LogP contribution < -0.4 is 11.1 Å². The second-order valence-corrected chi connectivity index (χ2v) is 5.75. The molecule has 2 rings (SSSR count). The van der Waals surface area contributed by atoms with Crippen molar-refractivity contribution in [2.75, 3.05) is 0 Å². The van der Waals surface area contributed by atoms with E-state index in [4.69, 9.17) is 5.73 Å². The maximum atomic E-state index is 12.4. The van der Waals surface area contributed by atoms with Crippen LogP contribution in [0.15, 0.2) is 30.5 Å². The van der Waals surface area contributed by atoms with Crippen molar-refractivity contribution in [2.24, 2.45) is 5.73 Å². The molecule has 0 aromatic carbocycles. The maximum Gasteiger partial charge on any atom is 0.253 e. The van der Waals surface area contributed by atoms with Crippen LogP contribution in [0.5, 0.6) is 0 Å². The van der Waals surface area contributed by atoms with E-state index in [1.165, 1.54) is 0 Å². The molecule has 0 aliphatic carbocycles. The summed E-state index contributed by atoms with van der Waals surface area (Å²) in [6.45, 7) is 6.89. The molecule has 116 valence electrons. The number of amides is 2. The quantitative estimate of drug-likeness (QED) is 0.896. The molecule has 2 aromatic rings. The maximum absolute atomic E-state index is 12.4. The molecule has 3 N–H and O–H groups in total. The van der Waals surface area contributed by atoms with Crippen molar-refractivity contribution >= 4 is 11.8 Å². The molecular weight excluding hydrogens is 280 g/mol. The molecule has 0 aliphatic heterocycles. The number of carbonyl (C=O) groups is 2. The number of nitrogens with two attached hydrogens (primary N) is 1. The molecule has 2 aromatic heterocycles. The molecule has 6 nitrogen and oxygen atoms in total. The molecule has 0 unspecified atom stereocenters. The summed E-state index contributed by atoms with van der Waals surface area (Å²) in [5.41, 5.74) is 6.33. The number of pyridine rings is 1. The second-order valence-electron chi connectivity index (χ2n) is 5.75. The van der Waals surface area contributed by atoms with Crippen molar-refractivity contribution in [2.45, 2.75) is 33.2 Å². The van der Waals surface area contributed by atoms with Crippen molar-refractivity contribution < 1.29 is 9.59 Å². The standard InChI is InChI=1S/C16H20N4O2/c1-10-9-12(14(21)19-16(3,4)15(17)22)11(2)20(10)13-7-5-6-8-18-13/h5-9H,1-4H3,(H2,17,22)(H,19,21). The Morgan fingerprint density at radius 2 is 1.95 bits per heavy atom. The molecule has 0 bridgehead atoms. The third-order valence-corrected chi connectivity index (χ3v) is 3.60. The molecule has 2 heterocycles. The summed E-state index contributed by atoms with van der Waals surface area (Å²) in [5, 5.41) is 2.66. The summed E-state index contributed by atoms with van der Waals surface area (Å²) in [4.78, 5) is 28.1. The number of carbonyl (C=O) groups excluding carboxylic acids is 2. The van der Waals surface area contributed by atoms with Gasteiger partial charge in [-0.15, -0.1) is 0 Å². The van der Waals surface area contributed by atoms with Gasteiger partial charge in [-0.05, 0) is 45.9 Å². The molecule has 0 saturated heterocycles. The summed E-state index contributed by atoms with van der Waals surface area (Å²) < 4.78 is 1.90. The number of hydrogen-bond acceptors (Lipinski definition) is 3. The minimum absolute atomic E-state index is 0.334. The molecule has 0 radical (unpaired) electrons. The second kappa shape index (κ2) is 5.63. The summed E-state index contributed by atoms with van der Waals surface area (Å²) in [5.74, 6) is -0.177. The third kappa shape index (κ3) is 2.86. The van der Waals surface area contributed by atoms with Gasteiger partial charge < -0.3 is 15.6 Å². The predicted octanol–water partition coefficient (Wildman–Crippen LogP) is 1.48. The lowest BCUT2D eigenvalue weighted by molar-refractivity contribution is -0.122. The van der Waals surface area contributed by atoms with E-state index in [1.54, 1.807) is 26.1 Å².